The van der Waals surface area contributed by atoms with E-state index in [1.165, 1.54) is 6.08 Å². The number of hydrogen-bond donors (Lipinski definition) is 1. The summed E-state index contributed by atoms with van der Waals surface area (Å²) in [5.41, 5.74) is 0. The maximum Gasteiger partial charge on any atom is 0.389 e. The minimum Gasteiger partial charge on any atom is -0.478 e. The normalized spacial score (nSPS) is 14.2. The summed E-state index contributed by atoms with van der Waals surface area (Å²) in [4.78, 5) is 10.1. The standard InChI is InChI=1S/C9H11F3O2/c1-2-3-7(4-5-8(13)14)6-9(10,11)12/h2,4-5,7H,1,3,6H2,(H,13,14)/b5-4+. The van der Waals surface area contributed by atoms with Crippen molar-refractivity contribution in [2.75, 3.05) is 0 Å². The molecule has 80 valence electrons. The van der Waals surface area contributed by atoms with E-state index in [1.807, 2.05) is 0 Å². The number of carboxylic acids is 1. The van der Waals surface area contributed by atoms with Crippen molar-refractivity contribution in [2.24, 2.45) is 5.92 Å². The van der Waals surface area contributed by atoms with Gasteiger partial charge in [-0.2, -0.15) is 13.2 Å². The molecule has 2 nitrogen and oxygen atoms in total. The number of aliphatic carboxylic acids is 1. The minimum absolute atomic E-state index is 0.114. The van der Waals surface area contributed by atoms with Gasteiger partial charge in [0.15, 0.2) is 0 Å². The number of allylic oxidation sites excluding steroid dienone is 2. The molecule has 0 aromatic rings. The molecule has 0 saturated carbocycles. The van der Waals surface area contributed by atoms with E-state index in [-0.39, 0.29) is 6.42 Å². The molecule has 1 unspecified atom stereocenters. The Balaban J connectivity index is 4.29. The van der Waals surface area contributed by atoms with Crippen molar-refractivity contribution in [1.82, 2.24) is 0 Å². The Morgan fingerprint density at radius 2 is 2.07 bits per heavy atom. The van der Waals surface area contributed by atoms with Crippen LogP contribution in [0.3, 0.4) is 0 Å². The number of alkyl halides is 3. The predicted molar refractivity (Wildman–Crippen MR) is 45.8 cm³/mol. The van der Waals surface area contributed by atoms with Crippen molar-refractivity contribution >= 4 is 5.97 Å². The molecule has 0 aliphatic rings. The Morgan fingerprint density at radius 1 is 1.50 bits per heavy atom. The monoisotopic (exact) mass is 208 g/mol. The highest BCUT2D eigenvalue weighted by atomic mass is 19.4. The van der Waals surface area contributed by atoms with Crippen LogP contribution >= 0.6 is 0 Å². The van der Waals surface area contributed by atoms with Gasteiger partial charge in [-0.25, -0.2) is 4.79 Å². The Kier molecular flexibility index (Phi) is 4.97. The third-order valence-corrected chi connectivity index (χ3v) is 1.47. The van der Waals surface area contributed by atoms with Crippen molar-refractivity contribution in [3.63, 3.8) is 0 Å². The summed E-state index contributed by atoms with van der Waals surface area (Å²) in [5, 5.41) is 8.24. The first-order valence-electron chi connectivity index (χ1n) is 3.94. The Bertz CT molecular complexity index is 231. The van der Waals surface area contributed by atoms with E-state index in [4.69, 9.17) is 5.11 Å². The molecule has 0 aliphatic heterocycles. The highest BCUT2D eigenvalue weighted by Crippen LogP contribution is 2.27. The number of carbonyl (C=O) groups is 1. The maximum atomic E-state index is 11.9. The summed E-state index contributed by atoms with van der Waals surface area (Å²) in [7, 11) is 0. The van der Waals surface area contributed by atoms with Crippen molar-refractivity contribution in [1.29, 1.82) is 0 Å². The lowest BCUT2D eigenvalue weighted by molar-refractivity contribution is -0.141. The zero-order chi connectivity index (χ0) is 11.2. The maximum absolute atomic E-state index is 11.9. The van der Waals surface area contributed by atoms with Crippen molar-refractivity contribution in [2.45, 2.75) is 19.0 Å². The lowest BCUT2D eigenvalue weighted by Gasteiger charge is -2.12. The Morgan fingerprint density at radius 3 is 2.43 bits per heavy atom. The highest BCUT2D eigenvalue weighted by Gasteiger charge is 2.30. The summed E-state index contributed by atoms with van der Waals surface area (Å²) >= 11 is 0. The molecule has 0 bridgehead atoms. The van der Waals surface area contributed by atoms with Crippen LogP contribution in [0.15, 0.2) is 24.8 Å². The van der Waals surface area contributed by atoms with Crippen molar-refractivity contribution in [3.8, 4) is 0 Å². The molecule has 0 spiro atoms. The van der Waals surface area contributed by atoms with Gasteiger partial charge in [0, 0.05) is 6.08 Å². The van der Waals surface area contributed by atoms with Crippen LogP contribution in [0.25, 0.3) is 0 Å². The van der Waals surface area contributed by atoms with Crippen LogP contribution in [0.5, 0.6) is 0 Å². The van der Waals surface area contributed by atoms with E-state index in [9.17, 15) is 18.0 Å². The number of carboxylic acid groups (broad SMARTS) is 1. The first-order valence-corrected chi connectivity index (χ1v) is 3.94. The molecule has 1 N–H and O–H groups in total. The first kappa shape index (κ1) is 12.7. The van der Waals surface area contributed by atoms with E-state index >= 15 is 0 Å². The lowest BCUT2D eigenvalue weighted by Crippen LogP contribution is -2.13. The summed E-state index contributed by atoms with van der Waals surface area (Å²) in [6.45, 7) is 3.31. The van der Waals surface area contributed by atoms with Crippen LogP contribution < -0.4 is 0 Å². The van der Waals surface area contributed by atoms with Gasteiger partial charge in [0.1, 0.15) is 0 Å². The third kappa shape index (κ3) is 7.39. The van der Waals surface area contributed by atoms with Gasteiger partial charge in [-0.15, -0.1) is 6.58 Å². The largest absolute Gasteiger partial charge is 0.478 e. The molecule has 5 heteroatoms. The SMILES string of the molecule is C=CCC(/C=C/C(=O)O)CC(F)(F)F. The zero-order valence-electron chi connectivity index (χ0n) is 7.42. The first-order chi connectivity index (χ1) is 6.35. The van der Waals surface area contributed by atoms with E-state index in [1.54, 1.807) is 0 Å². The average Bonchev–Trinajstić information content (AvgIpc) is 1.98. The van der Waals surface area contributed by atoms with Crippen LogP contribution in [0.1, 0.15) is 12.8 Å². The fourth-order valence-electron chi connectivity index (χ4n) is 0.960. The van der Waals surface area contributed by atoms with Gasteiger partial charge >= 0.3 is 12.1 Å². The van der Waals surface area contributed by atoms with Crippen molar-refractivity contribution in [3.05, 3.63) is 24.8 Å². The molecule has 0 fully saturated rings. The summed E-state index contributed by atoms with van der Waals surface area (Å²) in [5.74, 6) is -2.09. The predicted octanol–water partition coefficient (Wildman–Crippen LogP) is 2.77. The molecule has 0 heterocycles. The zero-order valence-corrected chi connectivity index (χ0v) is 7.42. The number of halogens is 3. The van der Waals surface area contributed by atoms with Crippen molar-refractivity contribution < 1.29 is 23.1 Å². The molecule has 1 atom stereocenters. The van der Waals surface area contributed by atoms with Gasteiger partial charge in [0.2, 0.25) is 0 Å². The third-order valence-electron chi connectivity index (χ3n) is 1.47. The molecule has 0 saturated heterocycles. The molecule has 0 radical (unpaired) electrons. The van der Waals surface area contributed by atoms with Gasteiger partial charge in [-0.3, -0.25) is 0 Å². The summed E-state index contributed by atoms with van der Waals surface area (Å²) in [6, 6.07) is 0. The second-order valence-electron chi connectivity index (χ2n) is 2.80. The van der Waals surface area contributed by atoms with Gasteiger partial charge in [0.25, 0.3) is 0 Å². The number of rotatable bonds is 5. The van der Waals surface area contributed by atoms with E-state index in [0.717, 1.165) is 12.2 Å². The molecule has 0 aliphatic carbocycles. The Hall–Kier alpha value is -1.26. The van der Waals surface area contributed by atoms with E-state index in [0.29, 0.717) is 0 Å². The number of hydrogen-bond acceptors (Lipinski definition) is 1. The topological polar surface area (TPSA) is 37.3 Å². The van der Waals surface area contributed by atoms with Crippen LogP contribution in [0.2, 0.25) is 0 Å². The summed E-state index contributed by atoms with van der Waals surface area (Å²) in [6.07, 6.45) is -2.09. The highest BCUT2D eigenvalue weighted by molar-refractivity contribution is 5.79. The average molecular weight is 208 g/mol. The minimum atomic E-state index is -4.28. The molecule has 14 heavy (non-hydrogen) atoms. The van der Waals surface area contributed by atoms with Crippen LogP contribution in [0.4, 0.5) is 13.2 Å². The molecule has 0 rings (SSSR count). The van der Waals surface area contributed by atoms with Gasteiger partial charge in [0.05, 0.1) is 6.42 Å². The second-order valence-corrected chi connectivity index (χ2v) is 2.80. The van der Waals surface area contributed by atoms with E-state index in [2.05, 4.69) is 6.58 Å². The molecular weight excluding hydrogens is 197 g/mol. The Labute approximate surface area is 79.7 Å². The summed E-state index contributed by atoms with van der Waals surface area (Å²) < 4.78 is 35.8. The molecule has 0 aromatic heterocycles. The second kappa shape index (κ2) is 5.47. The fraction of sp³-hybridized carbons (Fsp3) is 0.444. The van der Waals surface area contributed by atoms with Crippen LogP contribution in [-0.2, 0) is 4.79 Å². The lowest BCUT2D eigenvalue weighted by atomic mass is 10.0. The molecule has 0 aromatic carbocycles. The molecule has 0 amide bonds. The van der Waals surface area contributed by atoms with E-state index < -0.39 is 24.5 Å². The van der Waals surface area contributed by atoms with Gasteiger partial charge < -0.3 is 5.11 Å². The van der Waals surface area contributed by atoms with Crippen LogP contribution in [0, 0.1) is 5.92 Å². The van der Waals surface area contributed by atoms with Crippen LogP contribution in [-0.4, -0.2) is 17.3 Å². The van der Waals surface area contributed by atoms with Gasteiger partial charge in [-0.05, 0) is 12.3 Å². The molecular formula is C9H11F3O2. The van der Waals surface area contributed by atoms with Gasteiger partial charge in [-0.1, -0.05) is 12.2 Å². The quantitative estimate of drug-likeness (QED) is 0.557. The smallest absolute Gasteiger partial charge is 0.389 e. The fourth-order valence-corrected chi connectivity index (χ4v) is 0.960.